The van der Waals surface area contributed by atoms with Gasteiger partial charge in [-0.05, 0) is 43.7 Å². The van der Waals surface area contributed by atoms with Gasteiger partial charge in [-0.25, -0.2) is 9.50 Å². The number of pyridine rings is 1. The first-order chi connectivity index (χ1) is 12.1. The predicted octanol–water partition coefficient (Wildman–Crippen LogP) is 2.81. The first kappa shape index (κ1) is 17.1. The zero-order chi connectivity index (χ0) is 17.8. The fourth-order valence-electron chi connectivity index (χ4n) is 2.92. The zero-order valence-corrected chi connectivity index (χ0v) is 14.9. The quantitative estimate of drug-likeness (QED) is 0.751. The van der Waals surface area contributed by atoms with E-state index in [1.807, 2.05) is 61.7 Å². The number of hydrogen-bond donors (Lipinski definition) is 1. The number of likely N-dealkylation sites (N-methyl/N-ethyl adjacent to an activating group) is 1. The maximum absolute atomic E-state index is 12.5. The summed E-state index contributed by atoms with van der Waals surface area (Å²) in [5.41, 5.74) is 4.87. The van der Waals surface area contributed by atoms with E-state index in [2.05, 4.69) is 20.3 Å². The summed E-state index contributed by atoms with van der Waals surface area (Å²) in [6, 6.07) is 11.9. The highest BCUT2D eigenvalue weighted by Crippen LogP contribution is 2.19. The number of nitrogens with one attached hydrogen (secondary N) is 1. The molecule has 0 atom stereocenters. The number of nitrogens with zero attached hydrogens (tertiary/aromatic N) is 4. The second-order valence-corrected chi connectivity index (χ2v) is 6.17. The van der Waals surface area contributed by atoms with E-state index in [0.717, 1.165) is 34.7 Å². The number of aryl methyl sites for hydroxylation is 2. The number of hydrogen-bond acceptors (Lipinski definition) is 4. The summed E-state index contributed by atoms with van der Waals surface area (Å²) in [4.78, 5) is 18.8. The summed E-state index contributed by atoms with van der Waals surface area (Å²) >= 11 is 0. The molecule has 0 aliphatic heterocycles. The van der Waals surface area contributed by atoms with E-state index in [-0.39, 0.29) is 5.91 Å². The minimum Gasteiger partial charge on any atom is -0.324 e. The largest absolute Gasteiger partial charge is 0.324 e. The van der Waals surface area contributed by atoms with Gasteiger partial charge in [-0.3, -0.25) is 9.69 Å². The van der Waals surface area contributed by atoms with Crippen LogP contribution in [0.5, 0.6) is 0 Å². The van der Waals surface area contributed by atoms with Crippen LogP contribution >= 0.6 is 0 Å². The van der Waals surface area contributed by atoms with Gasteiger partial charge in [-0.1, -0.05) is 31.2 Å². The molecule has 6 heteroatoms. The van der Waals surface area contributed by atoms with E-state index in [1.54, 1.807) is 6.33 Å². The lowest BCUT2D eigenvalue weighted by atomic mass is 10.1. The molecule has 1 aromatic carbocycles. The molecule has 2 heterocycles. The lowest BCUT2D eigenvalue weighted by molar-refractivity contribution is -0.117. The molecule has 0 spiro atoms. The molecule has 0 aliphatic carbocycles. The van der Waals surface area contributed by atoms with Crippen LogP contribution in [0.2, 0.25) is 0 Å². The number of amides is 1. The molecule has 1 amide bonds. The maximum atomic E-state index is 12.5. The summed E-state index contributed by atoms with van der Waals surface area (Å²) in [5.74, 6) is -0.00925. The van der Waals surface area contributed by atoms with Crippen molar-refractivity contribution in [1.82, 2.24) is 19.5 Å². The van der Waals surface area contributed by atoms with Crippen LogP contribution in [0.15, 0.2) is 42.7 Å². The highest BCUT2D eigenvalue weighted by molar-refractivity contribution is 5.93. The third kappa shape index (κ3) is 3.85. The number of fused-ring (bicyclic) bond motifs is 1. The number of carbonyl (C=O) groups excluding carboxylic acids is 1. The second-order valence-electron chi connectivity index (χ2n) is 6.17. The van der Waals surface area contributed by atoms with Gasteiger partial charge >= 0.3 is 0 Å². The minimum absolute atomic E-state index is 0.00925. The van der Waals surface area contributed by atoms with E-state index >= 15 is 0 Å². The minimum atomic E-state index is -0.00925. The molecular formula is C19H23N5O. The van der Waals surface area contributed by atoms with Crippen LogP contribution in [0.4, 0.5) is 5.69 Å². The maximum Gasteiger partial charge on any atom is 0.238 e. The third-order valence-corrected chi connectivity index (χ3v) is 4.33. The number of carbonyl (C=O) groups is 1. The van der Waals surface area contributed by atoms with E-state index in [9.17, 15) is 4.79 Å². The van der Waals surface area contributed by atoms with Gasteiger partial charge in [0.2, 0.25) is 5.91 Å². The van der Waals surface area contributed by atoms with Gasteiger partial charge in [0, 0.05) is 12.2 Å². The number of benzene rings is 1. The molecule has 0 bridgehead atoms. The Morgan fingerprint density at radius 2 is 1.88 bits per heavy atom. The monoisotopic (exact) mass is 337 g/mol. The summed E-state index contributed by atoms with van der Waals surface area (Å²) in [5, 5.41) is 7.30. The summed E-state index contributed by atoms with van der Waals surface area (Å²) in [6.07, 6.45) is 1.54. The van der Waals surface area contributed by atoms with Crippen molar-refractivity contribution in [3.63, 3.8) is 0 Å². The molecule has 0 saturated carbocycles. The Labute approximate surface area is 147 Å². The Hall–Kier alpha value is -2.73. The molecule has 6 nitrogen and oxygen atoms in total. The van der Waals surface area contributed by atoms with Crippen molar-refractivity contribution in [3.8, 4) is 0 Å². The normalized spacial score (nSPS) is 11.2. The Bertz CT molecular complexity index is 866. The lowest BCUT2D eigenvalue weighted by Crippen LogP contribution is -2.33. The first-order valence-corrected chi connectivity index (χ1v) is 8.44. The number of anilines is 1. The van der Waals surface area contributed by atoms with Gasteiger partial charge in [0.15, 0.2) is 5.65 Å². The van der Waals surface area contributed by atoms with Crippen molar-refractivity contribution in [3.05, 3.63) is 59.5 Å². The molecule has 0 unspecified atom stereocenters. The van der Waals surface area contributed by atoms with E-state index in [1.165, 1.54) is 0 Å². The van der Waals surface area contributed by atoms with Gasteiger partial charge in [0.05, 0.1) is 12.2 Å². The predicted molar refractivity (Wildman–Crippen MR) is 98.5 cm³/mol. The highest BCUT2D eigenvalue weighted by Gasteiger charge is 2.13. The average Bonchev–Trinajstić information content (AvgIpc) is 3.07. The number of para-hydroxylation sites is 1. The number of aromatic nitrogens is 3. The molecule has 0 aliphatic rings. The van der Waals surface area contributed by atoms with Crippen LogP contribution in [-0.2, 0) is 11.3 Å². The molecule has 130 valence electrons. The van der Waals surface area contributed by atoms with Crippen LogP contribution in [0.25, 0.3) is 5.65 Å². The number of rotatable bonds is 6. The van der Waals surface area contributed by atoms with Crippen LogP contribution in [0, 0.1) is 13.8 Å². The Kier molecular flexibility index (Phi) is 5.09. The van der Waals surface area contributed by atoms with E-state index < -0.39 is 0 Å². The molecule has 0 radical (unpaired) electrons. The zero-order valence-electron chi connectivity index (χ0n) is 14.9. The van der Waals surface area contributed by atoms with E-state index in [0.29, 0.717) is 13.1 Å². The smallest absolute Gasteiger partial charge is 0.238 e. The fraction of sp³-hybridized carbons (Fsp3) is 0.316. The van der Waals surface area contributed by atoms with Gasteiger partial charge in [0.1, 0.15) is 6.33 Å². The molecule has 3 aromatic rings. The topological polar surface area (TPSA) is 62.5 Å². The van der Waals surface area contributed by atoms with Crippen LogP contribution in [0.3, 0.4) is 0 Å². The fourth-order valence-corrected chi connectivity index (χ4v) is 2.92. The summed E-state index contributed by atoms with van der Waals surface area (Å²) < 4.78 is 1.81. The van der Waals surface area contributed by atoms with Crippen molar-refractivity contribution < 1.29 is 4.79 Å². The first-order valence-electron chi connectivity index (χ1n) is 8.44. The van der Waals surface area contributed by atoms with Gasteiger partial charge in [-0.2, -0.15) is 5.10 Å². The Morgan fingerprint density at radius 1 is 1.16 bits per heavy atom. The Morgan fingerprint density at radius 3 is 2.60 bits per heavy atom. The van der Waals surface area contributed by atoms with Gasteiger partial charge in [0.25, 0.3) is 0 Å². The van der Waals surface area contributed by atoms with Crippen molar-refractivity contribution in [1.29, 1.82) is 0 Å². The van der Waals surface area contributed by atoms with Crippen molar-refractivity contribution in [2.75, 3.05) is 18.4 Å². The molecule has 0 saturated heterocycles. The SMILES string of the molecule is CCN(CC(=O)Nc1c(C)cccc1C)Cc1cccc2ncnn12. The standard InChI is InChI=1S/C19H23N5O/c1-4-23(11-16-9-6-10-17-20-13-21-24(16)17)12-18(25)22-19-14(2)7-5-8-15(19)3/h5-10,13H,4,11-12H2,1-3H3,(H,22,25). The molecule has 3 rings (SSSR count). The molecular weight excluding hydrogens is 314 g/mol. The van der Waals surface area contributed by atoms with Crippen LogP contribution < -0.4 is 5.32 Å². The van der Waals surface area contributed by atoms with Crippen molar-refractivity contribution in [2.45, 2.75) is 27.3 Å². The highest BCUT2D eigenvalue weighted by atomic mass is 16.2. The van der Waals surface area contributed by atoms with Gasteiger partial charge in [-0.15, -0.1) is 0 Å². The molecule has 2 aromatic heterocycles. The second kappa shape index (κ2) is 7.44. The molecule has 1 N–H and O–H groups in total. The summed E-state index contributed by atoms with van der Waals surface area (Å²) in [7, 11) is 0. The Balaban J connectivity index is 1.70. The lowest BCUT2D eigenvalue weighted by Gasteiger charge is -2.21. The average molecular weight is 337 g/mol. The third-order valence-electron chi connectivity index (χ3n) is 4.33. The van der Waals surface area contributed by atoms with Gasteiger partial charge < -0.3 is 5.32 Å². The summed E-state index contributed by atoms with van der Waals surface area (Å²) in [6.45, 7) is 7.79. The molecule has 25 heavy (non-hydrogen) atoms. The van der Waals surface area contributed by atoms with E-state index in [4.69, 9.17) is 0 Å². The van der Waals surface area contributed by atoms with Crippen molar-refractivity contribution in [2.24, 2.45) is 0 Å². The van der Waals surface area contributed by atoms with Crippen LogP contribution in [-0.4, -0.2) is 38.5 Å². The van der Waals surface area contributed by atoms with Crippen molar-refractivity contribution >= 4 is 17.2 Å². The van der Waals surface area contributed by atoms with Crippen LogP contribution in [0.1, 0.15) is 23.7 Å². The molecule has 0 fully saturated rings.